The molecule has 1 heterocycles. The smallest absolute Gasteiger partial charge is 0.340 e. The van der Waals surface area contributed by atoms with Crippen LogP contribution in [0.5, 0.6) is 0 Å². The van der Waals surface area contributed by atoms with Gasteiger partial charge >= 0.3 is 5.97 Å². The third-order valence-corrected chi connectivity index (χ3v) is 3.85. The molecule has 1 aliphatic rings. The quantitative estimate of drug-likeness (QED) is 0.506. The average molecular weight is 326 g/mol. The molecule has 0 unspecified atom stereocenters. The van der Waals surface area contributed by atoms with E-state index in [4.69, 9.17) is 4.74 Å². The lowest BCUT2D eigenvalue weighted by Gasteiger charge is -2.34. The number of non-ortho nitro benzene ring substituents is 1. The van der Waals surface area contributed by atoms with Crippen LogP contribution in [0.1, 0.15) is 30.1 Å². The molecule has 1 atom stereocenters. The van der Waals surface area contributed by atoms with Gasteiger partial charge in [-0.15, -0.1) is 0 Å². The van der Waals surface area contributed by atoms with E-state index >= 15 is 0 Å². The van der Waals surface area contributed by atoms with E-state index < -0.39 is 22.4 Å². The van der Waals surface area contributed by atoms with Crippen molar-refractivity contribution < 1.29 is 24.0 Å². The van der Waals surface area contributed by atoms with Gasteiger partial charge in [0.1, 0.15) is 0 Å². The zero-order valence-electron chi connectivity index (χ0n) is 12.8. The van der Waals surface area contributed by atoms with E-state index in [1.54, 1.807) is 11.8 Å². The lowest BCUT2D eigenvalue weighted by Crippen LogP contribution is -2.38. The van der Waals surface area contributed by atoms with E-state index in [1.807, 2.05) is 0 Å². The normalized spacial score (nSPS) is 17.9. The molecule has 1 saturated heterocycles. The van der Waals surface area contributed by atoms with E-state index in [2.05, 4.69) is 0 Å². The number of carbonyl (C=O) groups is 1. The highest BCUT2D eigenvalue weighted by Gasteiger charge is 2.29. The van der Waals surface area contributed by atoms with Crippen LogP contribution >= 0.6 is 0 Å². The van der Waals surface area contributed by atoms with Crippen LogP contribution in [0, 0.1) is 21.8 Å². The summed E-state index contributed by atoms with van der Waals surface area (Å²) in [6.07, 6.45) is 1.56. The van der Waals surface area contributed by atoms with Crippen LogP contribution in [0.2, 0.25) is 0 Å². The maximum absolute atomic E-state index is 14.5. The van der Waals surface area contributed by atoms with Gasteiger partial charge in [-0.1, -0.05) is 0 Å². The fourth-order valence-corrected chi connectivity index (χ4v) is 2.79. The molecule has 0 aliphatic carbocycles. The van der Waals surface area contributed by atoms with Crippen molar-refractivity contribution in [3.05, 3.63) is 33.6 Å². The second kappa shape index (κ2) is 7.36. The molecule has 23 heavy (non-hydrogen) atoms. The van der Waals surface area contributed by atoms with E-state index in [9.17, 15) is 24.4 Å². The maximum Gasteiger partial charge on any atom is 0.340 e. The van der Waals surface area contributed by atoms with Gasteiger partial charge in [0.25, 0.3) is 5.69 Å². The largest absolute Gasteiger partial charge is 0.462 e. The first kappa shape index (κ1) is 17.1. The van der Waals surface area contributed by atoms with E-state index in [1.165, 1.54) is 0 Å². The fraction of sp³-hybridized carbons (Fsp3) is 0.533. The Morgan fingerprint density at radius 3 is 2.91 bits per heavy atom. The number of nitro groups is 1. The Kier molecular flexibility index (Phi) is 5.49. The number of hydrogen-bond acceptors (Lipinski definition) is 6. The summed E-state index contributed by atoms with van der Waals surface area (Å²) in [6, 6.07) is 1.85. The summed E-state index contributed by atoms with van der Waals surface area (Å²) < 4.78 is 19.4. The highest BCUT2D eigenvalue weighted by Crippen LogP contribution is 2.33. The summed E-state index contributed by atoms with van der Waals surface area (Å²) in [6.45, 7) is 2.56. The van der Waals surface area contributed by atoms with Crippen LogP contribution in [-0.4, -0.2) is 42.3 Å². The molecular formula is C15H19FN2O5. The van der Waals surface area contributed by atoms with Gasteiger partial charge in [0.2, 0.25) is 0 Å². The van der Waals surface area contributed by atoms with Gasteiger partial charge in [-0.25, -0.2) is 9.18 Å². The van der Waals surface area contributed by atoms with Crippen molar-refractivity contribution in [2.75, 3.05) is 31.2 Å². The molecule has 1 aromatic rings. The van der Waals surface area contributed by atoms with Crippen molar-refractivity contribution in [2.45, 2.75) is 19.8 Å². The first-order valence-electron chi connectivity index (χ1n) is 7.48. The van der Waals surface area contributed by atoms with Crippen molar-refractivity contribution in [3.63, 3.8) is 0 Å². The fourth-order valence-electron chi connectivity index (χ4n) is 2.79. The van der Waals surface area contributed by atoms with Crippen LogP contribution in [0.25, 0.3) is 0 Å². The highest BCUT2D eigenvalue weighted by molar-refractivity contribution is 5.97. The predicted octanol–water partition coefficient (Wildman–Crippen LogP) is 2.12. The number of anilines is 1. The Labute approximate surface area is 132 Å². The number of ether oxygens (including phenoxy) is 1. The van der Waals surface area contributed by atoms with Crippen LogP contribution in [0.3, 0.4) is 0 Å². The van der Waals surface area contributed by atoms with Gasteiger partial charge in [-0.3, -0.25) is 10.1 Å². The van der Waals surface area contributed by atoms with Gasteiger partial charge in [-0.05, 0) is 25.7 Å². The van der Waals surface area contributed by atoms with Crippen LogP contribution in [0.15, 0.2) is 12.1 Å². The molecule has 0 radical (unpaired) electrons. The summed E-state index contributed by atoms with van der Waals surface area (Å²) in [5, 5.41) is 20.2. The van der Waals surface area contributed by atoms with Crippen molar-refractivity contribution in [3.8, 4) is 0 Å². The molecule has 1 fully saturated rings. The molecule has 0 spiro atoms. The van der Waals surface area contributed by atoms with Gasteiger partial charge in [0.15, 0.2) is 5.82 Å². The zero-order valence-corrected chi connectivity index (χ0v) is 12.8. The third kappa shape index (κ3) is 3.76. The summed E-state index contributed by atoms with van der Waals surface area (Å²) >= 11 is 0. The Morgan fingerprint density at radius 1 is 1.57 bits per heavy atom. The minimum absolute atomic E-state index is 0.00667. The lowest BCUT2D eigenvalue weighted by molar-refractivity contribution is -0.385. The van der Waals surface area contributed by atoms with Gasteiger partial charge < -0.3 is 14.7 Å². The van der Waals surface area contributed by atoms with Gasteiger partial charge in [0, 0.05) is 25.8 Å². The SMILES string of the molecule is CCOC(=O)c1cc([N+](=O)[O-])cc(F)c1N1CCC[C@H](CO)C1. The summed E-state index contributed by atoms with van der Waals surface area (Å²) in [5.74, 6) is -1.65. The Balaban J connectivity index is 2.47. The minimum atomic E-state index is -0.833. The molecule has 0 amide bonds. The van der Waals surface area contributed by atoms with Crippen molar-refractivity contribution in [2.24, 2.45) is 5.92 Å². The molecule has 1 aromatic carbocycles. The number of nitro benzene ring substituents is 1. The topological polar surface area (TPSA) is 92.9 Å². The molecular weight excluding hydrogens is 307 g/mol. The Morgan fingerprint density at radius 2 is 2.30 bits per heavy atom. The monoisotopic (exact) mass is 326 g/mol. The second-order valence-corrected chi connectivity index (χ2v) is 5.44. The predicted molar refractivity (Wildman–Crippen MR) is 81.0 cm³/mol. The third-order valence-electron chi connectivity index (χ3n) is 3.85. The van der Waals surface area contributed by atoms with Crippen LogP contribution in [0.4, 0.5) is 15.8 Å². The van der Waals surface area contributed by atoms with Crippen molar-refractivity contribution >= 4 is 17.3 Å². The first-order chi connectivity index (χ1) is 11.0. The minimum Gasteiger partial charge on any atom is -0.462 e. The van der Waals surface area contributed by atoms with E-state index in [-0.39, 0.29) is 30.4 Å². The van der Waals surface area contributed by atoms with E-state index in [0.29, 0.717) is 13.1 Å². The number of rotatable bonds is 5. The number of aliphatic hydroxyl groups is 1. The first-order valence-corrected chi connectivity index (χ1v) is 7.48. The number of benzene rings is 1. The number of carbonyl (C=O) groups excluding carboxylic acids is 1. The molecule has 8 heteroatoms. The summed E-state index contributed by atoms with van der Waals surface area (Å²) in [7, 11) is 0. The number of halogens is 1. The molecule has 2 rings (SSSR count). The summed E-state index contributed by atoms with van der Waals surface area (Å²) in [5.41, 5.74) is -0.644. The zero-order chi connectivity index (χ0) is 17.0. The van der Waals surface area contributed by atoms with Gasteiger partial charge in [-0.2, -0.15) is 0 Å². The van der Waals surface area contributed by atoms with Crippen LogP contribution < -0.4 is 4.90 Å². The molecule has 1 aliphatic heterocycles. The number of piperidine rings is 1. The number of nitrogens with zero attached hydrogens (tertiary/aromatic N) is 2. The second-order valence-electron chi connectivity index (χ2n) is 5.44. The number of esters is 1. The molecule has 0 saturated carbocycles. The lowest BCUT2D eigenvalue weighted by atomic mass is 9.97. The standard InChI is InChI=1S/C15H19FN2O5/c1-2-23-15(20)12-6-11(18(21)22)7-13(16)14(12)17-5-3-4-10(8-17)9-19/h6-7,10,19H,2-5,8-9H2,1H3/t10-/m0/s1. The van der Waals surface area contributed by atoms with E-state index in [0.717, 1.165) is 25.0 Å². The van der Waals surface area contributed by atoms with Crippen molar-refractivity contribution in [1.29, 1.82) is 0 Å². The molecule has 7 nitrogen and oxygen atoms in total. The van der Waals surface area contributed by atoms with Crippen molar-refractivity contribution in [1.82, 2.24) is 0 Å². The molecule has 0 bridgehead atoms. The summed E-state index contributed by atoms with van der Waals surface area (Å²) in [4.78, 5) is 23.9. The van der Waals surface area contributed by atoms with Gasteiger partial charge in [0.05, 0.1) is 28.8 Å². The molecule has 0 aromatic heterocycles. The maximum atomic E-state index is 14.5. The molecule has 126 valence electrons. The number of hydrogen-bond donors (Lipinski definition) is 1. The highest BCUT2D eigenvalue weighted by atomic mass is 19.1. The Bertz CT molecular complexity index is 608. The Hall–Kier alpha value is -2.22. The molecule has 1 N–H and O–H groups in total. The number of aliphatic hydroxyl groups excluding tert-OH is 1. The van der Waals surface area contributed by atoms with Crippen LogP contribution in [-0.2, 0) is 4.74 Å². The average Bonchev–Trinajstić information content (AvgIpc) is 2.54.